The summed E-state index contributed by atoms with van der Waals surface area (Å²) in [4.78, 5) is 24.0. The summed E-state index contributed by atoms with van der Waals surface area (Å²) < 4.78 is 0. The summed E-state index contributed by atoms with van der Waals surface area (Å²) in [5.74, 6) is -0.289. The second kappa shape index (κ2) is 6.84. The Hall–Kier alpha value is -1.95. The van der Waals surface area contributed by atoms with Gasteiger partial charge in [0.2, 0.25) is 0 Å². The first-order valence-electron chi connectivity index (χ1n) is 6.15. The number of benzene rings is 1. The van der Waals surface area contributed by atoms with E-state index in [4.69, 9.17) is 5.11 Å². The molecule has 6 heteroatoms. The molecule has 0 aromatic heterocycles. The summed E-state index contributed by atoms with van der Waals surface area (Å²) >= 11 is 0. The number of aliphatic hydroxyl groups is 1. The maximum Gasteiger partial charge on any atom is 0.270 e. The normalized spacial score (nSPS) is 10.3. The zero-order valence-electron chi connectivity index (χ0n) is 11.1. The molecular formula is C13H18N2O4. The largest absolute Gasteiger partial charge is 0.395 e. The Morgan fingerprint density at radius 2 is 2.05 bits per heavy atom. The molecule has 19 heavy (non-hydrogen) atoms. The fraction of sp³-hybridized carbons (Fsp3) is 0.462. The SMILES string of the molecule is CCCN(CCO)C(=O)c1cc(C)cc([N+](=O)[O-])c1. The predicted molar refractivity (Wildman–Crippen MR) is 71.1 cm³/mol. The highest BCUT2D eigenvalue weighted by Crippen LogP contribution is 2.18. The Morgan fingerprint density at radius 3 is 2.58 bits per heavy atom. The lowest BCUT2D eigenvalue weighted by molar-refractivity contribution is -0.384. The van der Waals surface area contributed by atoms with Crippen LogP contribution in [0.1, 0.15) is 29.3 Å². The monoisotopic (exact) mass is 266 g/mol. The van der Waals surface area contributed by atoms with Gasteiger partial charge < -0.3 is 10.0 Å². The van der Waals surface area contributed by atoms with Crippen LogP contribution >= 0.6 is 0 Å². The van der Waals surface area contributed by atoms with E-state index in [2.05, 4.69) is 0 Å². The van der Waals surface area contributed by atoms with Gasteiger partial charge in [0.25, 0.3) is 11.6 Å². The highest BCUT2D eigenvalue weighted by Gasteiger charge is 2.18. The molecule has 0 radical (unpaired) electrons. The van der Waals surface area contributed by atoms with E-state index in [1.807, 2.05) is 6.92 Å². The molecule has 0 bridgehead atoms. The molecule has 0 aliphatic rings. The zero-order valence-corrected chi connectivity index (χ0v) is 11.1. The molecule has 1 N–H and O–H groups in total. The highest BCUT2D eigenvalue weighted by atomic mass is 16.6. The third-order valence-electron chi connectivity index (χ3n) is 2.67. The molecule has 0 atom stereocenters. The lowest BCUT2D eigenvalue weighted by Crippen LogP contribution is -2.34. The summed E-state index contributed by atoms with van der Waals surface area (Å²) in [5.41, 5.74) is 0.857. The van der Waals surface area contributed by atoms with Crippen LogP contribution in [-0.4, -0.2) is 40.5 Å². The van der Waals surface area contributed by atoms with E-state index in [1.165, 1.54) is 17.0 Å². The minimum Gasteiger partial charge on any atom is -0.395 e. The Labute approximate surface area is 111 Å². The maximum atomic E-state index is 12.2. The second-order valence-electron chi connectivity index (χ2n) is 4.33. The van der Waals surface area contributed by atoms with Gasteiger partial charge in [-0.3, -0.25) is 14.9 Å². The van der Waals surface area contributed by atoms with Crippen LogP contribution in [0, 0.1) is 17.0 Å². The number of amides is 1. The number of aryl methyl sites for hydroxylation is 1. The Balaban J connectivity index is 3.06. The van der Waals surface area contributed by atoms with Gasteiger partial charge in [0, 0.05) is 30.8 Å². The Morgan fingerprint density at radius 1 is 1.37 bits per heavy atom. The third kappa shape index (κ3) is 4.03. The van der Waals surface area contributed by atoms with Crippen LogP contribution in [0.25, 0.3) is 0 Å². The number of hydrogen-bond donors (Lipinski definition) is 1. The van der Waals surface area contributed by atoms with Crippen LogP contribution in [0.15, 0.2) is 18.2 Å². The molecule has 0 aliphatic heterocycles. The van der Waals surface area contributed by atoms with Gasteiger partial charge in [0.15, 0.2) is 0 Å². The molecule has 1 aromatic carbocycles. The highest BCUT2D eigenvalue weighted by molar-refractivity contribution is 5.95. The minimum absolute atomic E-state index is 0.0937. The van der Waals surface area contributed by atoms with Crippen LogP contribution in [0.5, 0.6) is 0 Å². The molecule has 0 fully saturated rings. The lowest BCUT2D eigenvalue weighted by Gasteiger charge is -2.21. The number of hydrogen-bond acceptors (Lipinski definition) is 4. The molecule has 0 heterocycles. The van der Waals surface area contributed by atoms with Crippen LogP contribution in [0.4, 0.5) is 5.69 Å². The van der Waals surface area contributed by atoms with Crippen molar-refractivity contribution in [3.8, 4) is 0 Å². The molecule has 0 aliphatic carbocycles. The van der Waals surface area contributed by atoms with Gasteiger partial charge in [0.1, 0.15) is 0 Å². The van der Waals surface area contributed by atoms with Crippen molar-refractivity contribution in [2.24, 2.45) is 0 Å². The summed E-state index contributed by atoms with van der Waals surface area (Å²) in [7, 11) is 0. The third-order valence-corrected chi connectivity index (χ3v) is 2.67. The maximum absolute atomic E-state index is 12.2. The number of aliphatic hydroxyl groups excluding tert-OH is 1. The number of nitrogens with zero attached hydrogens (tertiary/aromatic N) is 2. The van der Waals surface area contributed by atoms with Crippen molar-refractivity contribution in [2.45, 2.75) is 20.3 Å². The van der Waals surface area contributed by atoms with E-state index in [9.17, 15) is 14.9 Å². The average Bonchev–Trinajstić information content (AvgIpc) is 2.37. The first-order chi connectivity index (χ1) is 8.99. The number of non-ortho nitro benzene ring substituents is 1. The minimum atomic E-state index is -0.514. The average molecular weight is 266 g/mol. The first-order valence-corrected chi connectivity index (χ1v) is 6.15. The van der Waals surface area contributed by atoms with Gasteiger partial charge >= 0.3 is 0 Å². The van der Waals surface area contributed by atoms with E-state index < -0.39 is 4.92 Å². The molecule has 1 rings (SSSR count). The van der Waals surface area contributed by atoms with Gasteiger partial charge in [-0.2, -0.15) is 0 Å². The van der Waals surface area contributed by atoms with Crippen LogP contribution in [-0.2, 0) is 0 Å². The summed E-state index contributed by atoms with van der Waals surface area (Å²) in [6, 6.07) is 4.32. The Kier molecular flexibility index (Phi) is 5.44. The van der Waals surface area contributed by atoms with Gasteiger partial charge in [0.05, 0.1) is 11.5 Å². The van der Waals surface area contributed by atoms with Crippen molar-refractivity contribution in [1.82, 2.24) is 4.90 Å². The van der Waals surface area contributed by atoms with E-state index in [0.29, 0.717) is 12.1 Å². The molecule has 1 aromatic rings. The number of rotatable bonds is 6. The molecule has 1 amide bonds. The van der Waals surface area contributed by atoms with E-state index in [-0.39, 0.29) is 30.3 Å². The van der Waals surface area contributed by atoms with Crippen molar-refractivity contribution in [1.29, 1.82) is 0 Å². The molecule has 0 unspecified atom stereocenters. The van der Waals surface area contributed by atoms with Gasteiger partial charge in [-0.25, -0.2) is 0 Å². The number of nitro benzene ring substituents is 1. The van der Waals surface area contributed by atoms with Gasteiger partial charge in [-0.05, 0) is 25.0 Å². The van der Waals surface area contributed by atoms with Crippen LogP contribution in [0.3, 0.4) is 0 Å². The molecule has 104 valence electrons. The van der Waals surface area contributed by atoms with E-state index in [0.717, 1.165) is 6.42 Å². The summed E-state index contributed by atoms with van der Waals surface area (Å²) in [5, 5.41) is 19.7. The lowest BCUT2D eigenvalue weighted by atomic mass is 10.1. The quantitative estimate of drug-likeness (QED) is 0.628. The smallest absolute Gasteiger partial charge is 0.270 e. The van der Waals surface area contributed by atoms with Gasteiger partial charge in [-0.15, -0.1) is 0 Å². The zero-order chi connectivity index (χ0) is 14.4. The van der Waals surface area contributed by atoms with Crippen molar-refractivity contribution in [3.63, 3.8) is 0 Å². The van der Waals surface area contributed by atoms with Crippen LogP contribution < -0.4 is 0 Å². The number of carbonyl (C=O) groups excluding carboxylic acids is 1. The molecule has 0 saturated carbocycles. The van der Waals surface area contributed by atoms with E-state index in [1.54, 1.807) is 13.0 Å². The fourth-order valence-electron chi connectivity index (χ4n) is 1.88. The van der Waals surface area contributed by atoms with Crippen molar-refractivity contribution in [2.75, 3.05) is 19.7 Å². The first kappa shape index (κ1) is 15.1. The molecule has 0 spiro atoms. The van der Waals surface area contributed by atoms with Gasteiger partial charge in [-0.1, -0.05) is 6.92 Å². The summed E-state index contributed by atoms with van der Waals surface area (Å²) in [6.07, 6.45) is 0.764. The molecular weight excluding hydrogens is 248 g/mol. The topological polar surface area (TPSA) is 83.7 Å². The Bertz CT molecular complexity index is 468. The number of carbonyl (C=O) groups is 1. The number of nitro groups is 1. The summed E-state index contributed by atoms with van der Waals surface area (Å²) in [6.45, 7) is 4.26. The standard InChI is InChI=1S/C13H18N2O4/c1-3-4-14(5-6-16)13(17)11-7-10(2)8-12(9-11)15(18)19/h7-9,16H,3-6H2,1-2H3. The van der Waals surface area contributed by atoms with Crippen molar-refractivity contribution in [3.05, 3.63) is 39.4 Å². The van der Waals surface area contributed by atoms with Crippen LogP contribution in [0.2, 0.25) is 0 Å². The second-order valence-corrected chi connectivity index (χ2v) is 4.33. The van der Waals surface area contributed by atoms with E-state index >= 15 is 0 Å². The van der Waals surface area contributed by atoms with Crippen molar-refractivity contribution >= 4 is 11.6 Å². The predicted octanol–water partition coefficient (Wildman–Crippen LogP) is 1.75. The molecule has 6 nitrogen and oxygen atoms in total. The van der Waals surface area contributed by atoms with Crippen molar-refractivity contribution < 1.29 is 14.8 Å². The fourth-order valence-corrected chi connectivity index (χ4v) is 1.88. The molecule has 0 saturated heterocycles.